The van der Waals surface area contributed by atoms with Gasteiger partial charge in [0.05, 0.1) is 5.39 Å². The summed E-state index contributed by atoms with van der Waals surface area (Å²) in [4.78, 5) is 11.7. The number of hydrogen-bond acceptors (Lipinski definition) is 5. The van der Waals surface area contributed by atoms with Gasteiger partial charge in [-0.2, -0.15) is 9.35 Å². The van der Waals surface area contributed by atoms with Crippen molar-refractivity contribution in [1.82, 2.24) is 19.5 Å². The van der Waals surface area contributed by atoms with Gasteiger partial charge >= 0.3 is 0 Å². The molecule has 0 aliphatic heterocycles. The Bertz CT molecular complexity index is 1030. The lowest BCUT2D eigenvalue weighted by atomic mass is 10.4. The highest BCUT2D eigenvalue weighted by Gasteiger charge is 2.15. The second kappa shape index (κ2) is 5.50. The zero-order chi connectivity index (χ0) is 16.8. The fraction of sp³-hybridized carbons (Fsp3) is 0.154. The van der Waals surface area contributed by atoms with Crippen LogP contribution in [0.5, 0.6) is 0 Å². The minimum Gasteiger partial charge on any atom is -0.282 e. The van der Waals surface area contributed by atoms with Gasteiger partial charge in [-0.15, -0.1) is 0 Å². The molecule has 23 heavy (non-hydrogen) atoms. The molecule has 0 aromatic carbocycles. The maximum atomic E-state index is 14.0. The summed E-state index contributed by atoms with van der Waals surface area (Å²) in [6, 6.07) is 2.44. The van der Waals surface area contributed by atoms with Gasteiger partial charge in [0, 0.05) is 34.6 Å². The molecule has 0 fully saturated rings. The molecule has 0 atom stereocenters. The van der Waals surface area contributed by atoms with E-state index in [1.807, 2.05) is 0 Å². The van der Waals surface area contributed by atoms with E-state index in [2.05, 4.69) is 19.3 Å². The minimum atomic E-state index is -2.60. The molecular weight excluding hydrogens is 348 g/mol. The van der Waals surface area contributed by atoms with Crippen molar-refractivity contribution in [2.45, 2.75) is 0 Å². The maximum Gasteiger partial charge on any atom is 0.224 e. The van der Waals surface area contributed by atoms with Crippen molar-refractivity contribution in [1.29, 1.82) is 0 Å². The van der Waals surface area contributed by atoms with E-state index in [0.717, 1.165) is 12.3 Å². The fourth-order valence-corrected chi connectivity index (χ4v) is 2.62. The standard InChI is InChI=1S/C13H10ClF2N5OS/c1-23(2,22)20-11-8(15)3-4-10(18-11)21-6-9(16)7-5-17-13(14)19-12(7)21/h3-6H,1-2H3. The van der Waals surface area contributed by atoms with Crippen molar-refractivity contribution in [3.05, 3.63) is 41.4 Å². The van der Waals surface area contributed by atoms with Gasteiger partial charge < -0.3 is 0 Å². The first-order chi connectivity index (χ1) is 10.7. The van der Waals surface area contributed by atoms with Crippen molar-refractivity contribution < 1.29 is 13.0 Å². The quantitative estimate of drug-likeness (QED) is 0.660. The number of nitrogens with zero attached hydrogens (tertiary/aromatic N) is 5. The average Bonchev–Trinajstić information content (AvgIpc) is 2.76. The number of rotatable bonds is 2. The molecule has 0 radical (unpaired) electrons. The van der Waals surface area contributed by atoms with Gasteiger partial charge in [0.25, 0.3) is 0 Å². The molecule has 0 N–H and O–H groups in total. The lowest BCUT2D eigenvalue weighted by Crippen LogP contribution is -2.00. The molecule has 3 heterocycles. The van der Waals surface area contributed by atoms with E-state index in [-0.39, 0.29) is 28.0 Å². The zero-order valence-electron chi connectivity index (χ0n) is 12.0. The van der Waals surface area contributed by atoms with E-state index < -0.39 is 21.4 Å². The summed E-state index contributed by atoms with van der Waals surface area (Å²) in [5.41, 5.74) is 0.182. The van der Waals surface area contributed by atoms with E-state index >= 15 is 0 Å². The Balaban J connectivity index is 2.26. The topological polar surface area (TPSA) is 73.0 Å². The largest absolute Gasteiger partial charge is 0.282 e. The molecule has 3 aromatic rings. The Morgan fingerprint density at radius 3 is 2.65 bits per heavy atom. The Kier molecular flexibility index (Phi) is 3.77. The Hall–Kier alpha value is -2.13. The number of fused-ring (bicyclic) bond motifs is 1. The van der Waals surface area contributed by atoms with Crippen LogP contribution in [0, 0.1) is 11.6 Å². The molecule has 0 saturated heterocycles. The van der Waals surface area contributed by atoms with Crippen molar-refractivity contribution in [3.8, 4) is 5.82 Å². The summed E-state index contributed by atoms with van der Waals surface area (Å²) in [6.07, 6.45) is 5.10. The van der Waals surface area contributed by atoms with Crippen LogP contribution in [0.15, 0.2) is 28.9 Å². The highest BCUT2D eigenvalue weighted by molar-refractivity contribution is 7.92. The van der Waals surface area contributed by atoms with E-state index in [0.29, 0.717) is 0 Å². The SMILES string of the molecule is CS(C)(=O)=Nc1nc(-n2cc(F)c3cnc(Cl)nc32)ccc1F. The molecule has 3 rings (SSSR count). The van der Waals surface area contributed by atoms with Crippen LogP contribution in [0.2, 0.25) is 5.28 Å². The number of hydrogen-bond donors (Lipinski definition) is 0. The number of pyridine rings is 1. The predicted octanol–water partition coefficient (Wildman–Crippen LogP) is 3.11. The molecular formula is C13H10ClF2N5OS. The molecule has 3 aromatic heterocycles. The van der Waals surface area contributed by atoms with Crippen LogP contribution in [-0.4, -0.2) is 36.2 Å². The molecule has 0 bridgehead atoms. The summed E-state index contributed by atoms with van der Waals surface area (Å²) in [5.74, 6) is -1.46. The molecule has 0 aliphatic carbocycles. The molecule has 10 heteroatoms. The number of halogens is 3. The molecule has 0 spiro atoms. The van der Waals surface area contributed by atoms with Gasteiger partial charge in [-0.1, -0.05) is 0 Å². The van der Waals surface area contributed by atoms with E-state index in [9.17, 15) is 13.0 Å². The zero-order valence-corrected chi connectivity index (χ0v) is 13.6. The molecule has 0 amide bonds. The first-order valence-electron chi connectivity index (χ1n) is 6.28. The molecule has 120 valence electrons. The highest BCUT2D eigenvalue weighted by atomic mass is 35.5. The summed E-state index contributed by atoms with van der Waals surface area (Å²) >= 11 is 5.74. The first-order valence-corrected chi connectivity index (χ1v) is 8.99. The average molecular weight is 358 g/mol. The van der Waals surface area contributed by atoms with E-state index in [4.69, 9.17) is 11.6 Å². The van der Waals surface area contributed by atoms with Crippen LogP contribution < -0.4 is 0 Å². The third kappa shape index (κ3) is 3.15. The summed E-state index contributed by atoms with van der Waals surface area (Å²) in [7, 11) is -2.60. The van der Waals surface area contributed by atoms with Crippen LogP contribution >= 0.6 is 11.6 Å². The van der Waals surface area contributed by atoms with E-state index in [1.165, 1.54) is 29.3 Å². The second-order valence-electron chi connectivity index (χ2n) is 4.97. The third-order valence-corrected chi connectivity index (χ3v) is 3.63. The van der Waals surface area contributed by atoms with Crippen LogP contribution in [0.3, 0.4) is 0 Å². The monoisotopic (exact) mass is 357 g/mol. The van der Waals surface area contributed by atoms with E-state index in [1.54, 1.807) is 0 Å². The van der Waals surface area contributed by atoms with Crippen molar-refractivity contribution in [2.24, 2.45) is 4.36 Å². The van der Waals surface area contributed by atoms with Gasteiger partial charge in [-0.25, -0.2) is 23.0 Å². The molecule has 0 unspecified atom stereocenters. The summed E-state index contributed by atoms with van der Waals surface area (Å²) in [5, 5.41) is 0.0859. The van der Waals surface area contributed by atoms with Crippen molar-refractivity contribution in [2.75, 3.05) is 12.5 Å². The Morgan fingerprint density at radius 1 is 1.22 bits per heavy atom. The van der Waals surface area contributed by atoms with Crippen LogP contribution in [0.4, 0.5) is 14.6 Å². The molecule has 0 saturated carbocycles. The fourth-order valence-electron chi connectivity index (χ4n) is 1.95. The second-order valence-corrected chi connectivity index (χ2v) is 7.85. The third-order valence-electron chi connectivity index (χ3n) is 2.83. The smallest absolute Gasteiger partial charge is 0.224 e. The molecule has 0 aliphatic rings. The summed E-state index contributed by atoms with van der Waals surface area (Å²) in [6.45, 7) is 0. The van der Waals surface area contributed by atoms with Crippen molar-refractivity contribution in [3.63, 3.8) is 0 Å². The lowest BCUT2D eigenvalue weighted by molar-refractivity contribution is 0.621. The summed E-state index contributed by atoms with van der Waals surface area (Å²) < 4.78 is 44.5. The number of aromatic nitrogens is 4. The van der Waals surface area contributed by atoms with Crippen LogP contribution in [0.25, 0.3) is 16.9 Å². The lowest BCUT2D eigenvalue weighted by Gasteiger charge is -2.05. The maximum absolute atomic E-state index is 14.0. The highest BCUT2D eigenvalue weighted by Crippen LogP contribution is 2.24. The van der Waals surface area contributed by atoms with Crippen LogP contribution in [-0.2, 0) is 9.73 Å². The van der Waals surface area contributed by atoms with Gasteiger partial charge in [0.1, 0.15) is 5.82 Å². The van der Waals surface area contributed by atoms with Crippen LogP contribution in [0.1, 0.15) is 0 Å². The first kappa shape index (κ1) is 15.8. The normalized spacial score (nSPS) is 11.9. The Morgan fingerprint density at radius 2 is 1.96 bits per heavy atom. The van der Waals surface area contributed by atoms with Crippen molar-refractivity contribution >= 4 is 38.2 Å². The van der Waals surface area contributed by atoms with Gasteiger partial charge in [-0.3, -0.25) is 4.57 Å². The van der Waals surface area contributed by atoms with Gasteiger partial charge in [0.15, 0.2) is 23.1 Å². The predicted molar refractivity (Wildman–Crippen MR) is 83.7 cm³/mol. The van der Waals surface area contributed by atoms with Gasteiger partial charge in [-0.05, 0) is 23.7 Å². The van der Waals surface area contributed by atoms with Gasteiger partial charge in [0.2, 0.25) is 5.28 Å². The molecule has 6 nitrogen and oxygen atoms in total. The Labute approximate surface area is 135 Å². The minimum absolute atomic E-state index is 0.0611.